The van der Waals surface area contributed by atoms with Crippen LogP contribution in [-0.2, 0) is 16.6 Å². The summed E-state index contributed by atoms with van der Waals surface area (Å²) in [6.07, 6.45) is 4.90. The third-order valence-corrected chi connectivity index (χ3v) is 5.49. The van der Waals surface area contributed by atoms with E-state index in [2.05, 4.69) is 39.2 Å². The molecule has 1 heterocycles. The highest BCUT2D eigenvalue weighted by Gasteiger charge is 2.12. The van der Waals surface area contributed by atoms with Crippen molar-refractivity contribution < 1.29 is 13.2 Å². The van der Waals surface area contributed by atoms with Gasteiger partial charge in [0.15, 0.2) is 0 Å². The minimum absolute atomic E-state index is 0.186. The molecule has 1 aliphatic heterocycles. The normalized spacial score (nSPS) is 14.6. The number of sulfonamides is 1. The number of hydrogen-bond donors (Lipinski definition) is 2. The average Bonchev–Trinajstić information content (AvgIpc) is 2.68. The number of benzene rings is 2. The molecule has 1 fully saturated rings. The molecule has 3 rings (SSSR count). The fourth-order valence-corrected chi connectivity index (χ4v) is 4.01. The molecule has 1 saturated heterocycles. The van der Waals surface area contributed by atoms with Crippen molar-refractivity contribution >= 4 is 27.3 Å². The smallest absolute Gasteiger partial charge is 0.251 e. The Bertz CT molecular complexity index is 934. The van der Waals surface area contributed by atoms with Gasteiger partial charge in [-0.05, 0) is 67.6 Å². The lowest BCUT2D eigenvalue weighted by molar-refractivity contribution is 0.0951. The molecule has 0 aliphatic carbocycles. The van der Waals surface area contributed by atoms with Gasteiger partial charge in [0, 0.05) is 30.9 Å². The maximum absolute atomic E-state index is 12.4. The highest BCUT2D eigenvalue weighted by molar-refractivity contribution is 7.92. The summed E-state index contributed by atoms with van der Waals surface area (Å²) in [6, 6.07) is 13.2. The molecular weight excluding hydrogens is 374 g/mol. The molecule has 0 bridgehead atoms. The molecule has 6 nitrogen and oxygen atoms in total. The number of piperidine rings is 1. The van der Waals surface area contributed by atoms with Gasteiger partial charge >= 0.3 is 0 Å². The highest BCUT2D eigenvalue weighted by Crippen LogP contribution is 2.20. The Morgan fingerprint density at radius 2 is 1.71 bits per heavy atom. The fraction of sp³-hybridized carbons (Fsp3) is 0.381. The number of carbonyl (C=O) groups excluding carboxylic acids is 1. The molecule has 0 aromatic heterocycles. The van der Waals surface area contributed by atoms with Crippen molar-refractivity contribution in [3.05, 3.63) is 59.2 Å². The van der Waals surface area contributed by atoms with Crippen molar-refractivity contribution in [3.8, 4) is 0 Å². The van der Waals surface area contributed by atoms with Gasteiger partial charge in [-0.1, -0.05) is 12.1 Å². The van der Waals surface area contributed by atoms with Gasteiger partial charge in [0.1, 0.15) is 0 Å². The van der Waals surface area contributed by atoms with Gasteiger partial charge in [-0.25, -0.2) is 8.42 Å². The first-order valence-corrected chi connectivity index (χ1v) is 11.4. The van der Waals surface area contributed by atoms with Crippen molar-refractivity contribution in [3.63, 3.8) is 0 Å². The van der Waals surface area contributed by atoms with Crippen LogP contribution in [0.1, 0.15) is 40.7 Å². The molecule has 0 radical (unpaired) electrons. The molecule has 2 N–H and O–H groups in total. The van der Waals surface area contributed by atoms with Crippen molar-refractivity contribution in [2.45, 2.75) is 32.7 Å². The van der Waals surface area contributed by atoms with E-state index in [1.807, 2.05) is 0 Å². The molecule has 0 unspecified atom stereocenters. The van der Waals surface area contributed by atoms with E-state index >= 15 is 0 Å². The average molecular weight is 402 g/mol. The predicted molar refractivity (Wildman–Crippen MR) is 113 cm³/mol. The minimum atomic E-state index is -3.34. The zero-order valence-corrected chi connectivity index (χ0v) is 17.2. The Morgan fingerprint density at radius 3 is 2.32 bits per heavy atom. The van der Waals surface area contributed by atoms with Gasteiger partial charge < -0.3 is 10.2 Å². The summed E-state index contributed by atoms with van der Waals surface area (Å²) in [5.74, 6) is -0.186. The maximum atomic E-state index is 12.4. The first-order valence-electron chi connectivity index (χ1n) is 9.52. The first kappa shape index (κ1) is 20.2. The lowest BCUT2D eigenvalue weighted by atomic mass is 10.1. The zero-order valence-electron chi connectivity index (χ0n) is 16.4. The van der Waals surface area contributed by atoms with Crippen molar-refractivity contribution in [1.82, 2.24) is 5.32 Å². The van der Waals surface area contributed by atoms with E-state index in [9.17, 15) is 13.2 Å². The third-order valence-electron chi connectivity index (χ3n) is 4.89. The first-order chi connectivity index (χ1) is 13.3. The molecule has 0 atom stereocenters. The summed E-state index contributed by atoms with van der Waals surface area (Å²) in [4.78, 5) is 14.8. The van der Waals surface area contributed by atoms with E-state index in [-0.39, 0.29) is 5.91 Å². The van der Waals surface area contributed by atoms with Crippen LogP contribution in [-0.4, -0.2) is 33.7 Å². The second-order valence-corrected chi connectivity index (χ2v) is 9.05. The molecule has 1 amide bonds. The second kappa shape index (κ2) is 8.65. The van der Waals surface area contributed by atoms with Gasteiger partial charge in [0.2, 0.25) is 10.0 Å². The molecule has 2 aromatic carbocycles. The molecule has 150 valence electrons. The van der Waals surface area contributed by atoms with Gasteiger partial charge in [-0.3, -0.25) is 9.52 Å². The quantitative estimate of drug-likeness (QED) is 0.779. The molecular formula is C21H27N3O3S. The Hall–Kier alpha value is -2.54. The van der Waals surface area contributed by atoms with E-state index in [4.69, 9.17) is 0 Å². The van der Waals surface area contributed by atoms with Gasteiger partial charge in [0.05, 0.1) is 11.9 Å². The summed E-state index contributed by atoms with van der Waals surface area (Å²) in [7, 11) is -3.34. The van der Waals surface area contributed by atoms with Gasteiger partial charge in [-0.2, -0.15) is 0 Å². The number of hydrogen-bond acceptors (Lipinski definition) is 4. The molecule has 1 aliphatic rings. The van der Waals surface area contributed by atoms with Crippen LogP contribution in [0.4, 0.5) is 11.4 Å². The van der Waals surface area contributed by atoms with Crippen molar-refractivity contribution in [1.29, 1.82) is 0 Å². The molecule has 0 saturated carbocycles. The molecule has 7 heteroatoms. The Labute approximate surface area is 167 Å². The summed E-state index contributed by atoms with van der Waals surface area (Å²) < 4.78 is 25.2. The highest BCUT2D eigenvalue weighted by atomic mass is 32.2. The SMILES string of the molecule is Cc1cc(C(=O)NCc2ccc(N3CCCCC3)cc2)ccc1NS(C)(=O)=O. The maximum Gasteiger partial charge on any atom is 0.251 e. The lowest BCUT2D eigenvalue weighted by Crippen LogP contribution is -2.29. The third kappa shape index (κ3) is 5.48. The summed E-state index contributed by atoms with van der Waals surface area (Å²) in [5, 5.41) is 2.92. The van der Waals surface area contributed by atoms with E-state index in [0.29, 0.717) is 23.4 Å². The molecule has 28 heavy (non-hydrogen) atoms. The van der Waals surface area contributed by atoms with E-state index in [1.54, 1.807) is 25.1 Å². The van der Waals surface area contributed by atoms with Crippen LogP contribution in [0.2, 0.25) is 0 Å². The van der Waals surface area contributed by atoms with Crippen molar-refractivity contribution in [2.24, 2.45) is 0 Å². The number of aryl methyl sites for hydroxylation is 1. The Kier molecular flexibility index (Phi) is 6.24. The topological polar surface area (TPSA) is 78.5 Å². The molecule has 0 spiro atoms. The van der Waals surface area contributed by atoms with Crippen LogP contribution >= 0.6 is 0 Å². The van der Waals surface area contributed by atoms with E-state index < -0.39 is 10.0 Å². The monoisotopic (exact) mass is 401 g/mol. The summed E-state index contributed by atoms with van der Waals surface area (Å²) in [5.41, 5.74) is 3.96. The van der Waals surface area contributed by atoms with Gasteiger partial charge in [-0.15, -0.1) is 0 Å². The van der Waals surface area contributed by atoms with Crippen LogP contribution < -0.4 is 14.9 Å². The van der Waals surface area contributed by atoms with E-state index in [0.717, 1.165) is 24.9 Å². The Balaban J connectivity index is 1.58. The number of rotatable bonds is 6. The minimum Gasteiger partial charge on any atom is -0.372 e. The zero-order chi connectivity index (χ0) is 20.1. The second-order valence-electron chi connectivity index (χ2n) is 7.30. The molecule has 2 aromatic rings. The standard InChI is InChI=1S/C21H27N3O3S/c1-16-14-18(8-11-20(16)23-28(2,26)27)21(25)22-15-17-6-9-19(10-7-17)24-12-4-3-5-13-24/h6-11,14,23H,3-5,12-13,15H2,1-2H3,(H,22,25). The van der Waals surface area contributed by atoms with Crippen LogP contribution in [0.25, 0.3) is 0 Å². The number of nitrogens with one attached hydrogen (secondary N) is 2. The number of amides is 1. The number of carbonyl (C=O) groups is 1. The van der Waals surface area contributed by atoms with Gasteiger partial charge in [0.25, 0.3) is 5.91 Å². The number of anilines is 2. The van der Waals surface area contributed by atoms with Crippen molar-refractivity contribution in [2.75, 3.05) is 29.0 Å². The largest absolute Gasteiger partial charge is 0.372 e. The summed E-state index contributed by atoms with van der Waals surface area (Å²) in [6.45, 7) is 4.43. The Morgan fingerprint density at radius 1 is 1.04 bits per heavy atom. The fourth-order valence-electron chi connectivity index (χ4n) is 3.38. The summed E-state index contributed by atoms with van der Waals surface area (Å²) >= 11 is 0. The predicted octanol–water partition coefficient (Wildman–Crippen LogP) is 3.29. The number of nitrogens with zero attached hydrogens (tertiary/aromatic N) is 1. The van der Waals surface area contributed by atoms with Crippen LogP contribution in [0.5, 0.6) is 0 Å². The van der Waals surface area contributed by atoms with Crippen LogP contribution in [0, 0.1) is 6.92 Å². The van der Waals surface area contributed by atoms with E-state index in [1.165, 1.54) is 24.9 Å². The van der Waals surface area contributed by atoms with Crippen LogP contribution in [0.15, 0.2) is 42.5 Å². The van der Waals surface area contributed by atoms with Crippen LogP contribution in [0.3, 0.4) is 0 Å². The lowest BCUT2D eigenvalue weighted by Gasteiger charge is -2.28.